The smallest absolute Gasteiger partial charge is 0.0900 e. The monoisotopic (exact) mass is 454 g/mol. The molecule has 0 aromatic carbocycles. The number of nitrogens with one attached hydrogen (secondary N) is 1. The molecule has 0 aliphatic rings. The number of aromatic nitrogens is 3. The van der Waals surface area contributed by atoms with Gasteiger partial charge in [-0.3, -0.25) is 24.9 Å². The van der Waals surface area contributed by atoms with E-state index in [2.05, 4.69) is 78.5 Å². The normalized spacial score (nSPS) is 10.6. The Labute approximate surface area is 202 Å². The first-order valence-electron chi connectivity index (χ1n) is 11.7. The summed E-state index contributed by atoms with van der Waals surface area (Å²) in [5, 5.41) is 2.75. The standard InChI is InChI=1S/C12H13N3.C8H14N2.C5H12.C2H7N/c1-9(2)11-7-15-12(8-14-11)10-4-3-5-13-6-10;1-7(2)8(5-9-3)6-10-4;1-3-5-4-2;1-3-2/h3-9H,1-2H3;5-7H,3H2,1-2,4H3;3-5H2,1-2H3;3H,1-2H3/b;8-5+,10-6?;;. The van der Waals surface area contributed by atoms with Gasteiger partial charge in [-0.1, -0.05) is 60.8 Å². The third kappa shape index (κ3) is 17.5. The number of allylic oxidation sites excluding steroid dienone is 1. The molecule has 0 amide bonds. The summed E-state index contributed by atoms with van der Waals surface area (Å²) in [7, 11) is 5.50. The molecule has 184 valence electrons. The first-order chi connectivity index (χ1) is 15.8. The van der Waals surface area contributed by atoms with Crippen LogP contribution in [0, 0.1) is 5.92 Å². The minimum absolute atomic E-state index is 0.417. The van der Waals surface area contributed by atoms with Gasteiger partial charge < -0.3 is 5.32 Å². The Morgan fingerprint density at radius 2 is 1.70 bits per heavy atom. The van der Waals surface area contributed by atoms with Crippen molar-refractivity contribution in [2.75, 3.05) is 21.1 Å². The van der Waals surface area contributed by atoms with E-state index in [1.165, 1.54) is 19.3 Å². The van der Waals surface area contributed by atoms with Gasteiger partial charge >= 0.3 is 0 Å². The van der Waals surface area contributed by atoms with Crippen molar-refractivity contribution in [1.82, 2.24) is 20.3 Å². The van der Waals surface area contributed by atoms with Crippen LogP contribution in [0.3, 0.4) is 0 Å². The van der Waals surface area contributed by atoms with Crippen molar-refractivity contribution in [1.29, 1.82) is 0 Å². The van der Waals surface area contributed by atoms with Crippen molar-refractivity contribution < 1.29 is 0 Å². The van der Waals surface area contributed by atoms with Crippen LogP contribution in [-0.4, -0.2) is 49.0 Å². The van der Waals surface area contributed by atoms with Crippen LogP contribution < -0.4 is 5.32 Å². The van der Waals surface area contributed by atoms with E-state index >= 15 is 0 Å². The van der Waals surface area contributed by atoms with E-state index < -0.39 is 0 Å². The molecule has 0 radical (unpaired) electrons. The van der Waals surface area contributed by atoms with E-state index in [9.17, 15) is 0 Å². The van der Waals surface area contributed by atoms with Crippen molar-refractivity contribution in [3.8, 4) is 11.3 Å². The highest BCUT2D eigenvalue weighted by Gasteiger charge is 2.03. The van der Waals surface area contributed by atoms with E-state index in [0.717, 1.165) is 22.5 Å². The highest BCUT2D eigenvalue weighted by molar-refractivity contribution is 5.78. The highest BCUT2D eigenvalue weighted by atomic mass is 14.8. The first-order valence-corrected chi connectivity index (χ1v) is 11.7. The van der Waals surface area contributed by atoms with Gasteiger partial charge in [0, 0.05) is 43.6 Å². The van der Waals surface area contributed by atoms with Crippen LogP contribution in [0.25, 0.3) is 11.3 Å². The molecule has 2 heterocycles. The minimum atomic E-state index is 0.417. The fraction of sp³-hybridized carbons (Fsp3) is 0.519. The second-order valence-corrected chi connectivity index (χ2v) is 7.93. The number of nitrogens with zero attached hydrogens (tertiary/aromatic N) is 5. The van der Waals surface area contributed by atoms with Crippen molar-refractivity contribution in [2.24, 2.45) is 15.9 Å². The summed E-state index contributed by atoms with van der Waals surface area (Å²) in [6.07, 6.45) is 14.8. The molecule has 2 aromatic heterocycles. The van der Waals surface area contributed by atoms with Crippen LogP contribution in [0.15, 0.2) is 58.7 Å². The highest BCUT2D eigenvalue weighted by Crippen LogP contribution is 2.16. The SMILES string of the molecule is C=N/C=C(\C=NC)C(C)C.CC(C)c1cnc(-c2cccnc2)cn1.CCCCC.CNC. The van der Waals surface area contributed by atoms with Gasteiger partial charge in [0.15, 0.2) is 0 Å². The van der Waals surface area contributed by atoms with Gasteiger partial charge in [-0.25, -0.2) is 0 Å². The van der Waals surface area contributed by atoms with Crippen LogP contribution in [-0.2, 0) is 0 Å². The van der Waals surface area contributed by atoms with Crippen molar-refractivity contribution in [3.05, 3.63) is 54.4 Å². The zero-order valence-corrected chi connectivity index (χ0v) is 22.3. The molecule has 0 fully saturated rings. The molecule has 0 aliphatic carbocycles. The third-order valence-electron chi connectivity index (χ3n) is 4.11. The molecule has 6 heteroatoms. The predicted octanol–water partition coefficient (Wildman–Crippen LogP) is 6.62. The van der Waals surface area contributed by atoms with E-state index in [-0.39, 0.29) is 0 Å². The zero-order valence-electron chi connectivity index (χ0n) is 22.3. The first kappa shape index (κ1) is 32.4. The lowest BCUT2D eigenvalue weighted by Gasteiger charge is -2.04. The number of aliphatic imine (C=N–C) groups is 2. The predicted molar refractivity (Wildman–Crippen MR) is 146 cm³/mol. The van der Waals surface area contributed by atoms with Crippen LogP contribution in [0.4, 0.5) is 0 Å². The summed E-state index contributed by atoms with van der Waals surface area (Å²) in [6, 6.07) is 3.87. The number of unbranched alkanes of at least 4 members (excludes halogenated alkanes) is 2. The Hall–Kier alpha value is -2.73. The van der Waals surface area contributed by atoms with Gasteiger partial charge in [-0.15, -0.1) is 0 Å². The lowest BCUT2D eigenvalue weighted by molar-refractivity contribution is 0.772. The molecule has 0 atom stereocenters. The summed E-state index contributed by atoms with van der Waals surface area (Å²) in [4.78, 5) is 20.4. The lowest BCUT2D eigenvalue weighted by atomic mass is 10.1. The fourth-order valence-corrected chi connectivity index (χ4v) is 2.24. The van der Waals surface area contributed by atoms with E-state index in [1.54, 1.807) is 38.1 Å². The number of rotatable bonds is 7. The molecule has 2 rings (SSSR count). The maximum atomic E-state index is 4.37. The number of hydrogen-bond donors (Lipinski definition) is 1. The van der Waals surface area contributed by atoms with Crippen LogP contribution in [0.1, 0.15) is 72.4 Å². The summed E-state index contributed by atoms with van der Waals surface area (Å²) in [5.74, 6) is 0.884. The molecule has 6 nitrogen and oxygen atoms in total. The summed E-state index contributed by atoms with van der Waals surface area (Å²) in [5.41, 5.74) is 3.99. The molecule has 1 N–H and O–H groups in total. The molecule has 0 bridgehead atoms. The Bertz CT molecular complexity index is 748. The summed E-state index contributed by atoms with van der Waals surface area (Å²) >= 11 is 0. The molecule has 0 aliphatic heterocycles. The van der Waals surface area contributed by atoms with Gasteiger partial charge in [-0.05, 0) is 50.4 Å². The van der Waals surface area contributed by atoms with Crippen molar-refractivity contribution in [2.45, 2.75) is 66.7 Å². The molecular weight excluding hydrogens is 408 g/mol. The van der Waals surface area contributed by atoms with Crippen LogP contribution in [0.5, 0.6) is 0 Å². The average Bonchev–Trinajstić information content (AvgIpc) is 2.81. The average molecular weight is 455 g/mol. The van der Waals surface area contributed by atoms with Crippen molar-refractivity contribution >= 4 is 12.9 Å². The molecule has 0 spiro atoms. The third-order valence-corrected chi connectivity index (χ3v) is 4.11. The van der Waals surface area contributed by atoms with Crippen LogP contribution >= 0.6 is 0 Å². The van der Waals surface area contributed by atoms with E-state index in [4.69, 9.17) is 0 Å². The Kier molecular flexibility index (Phi) is 22.1. The lowest BCUT2D eigenvalue weighted by Crippen LogP contribution is -1.94. The Morgan fingerprint density at radius 3 is 2.03 bits per heavy atom. The topological polar surface area (TPSA) is 75.4 Å². The zero-order chi connectivity index (χ0) is 25.5. The quantitative estimate of drug-likeness (QED) is 0.477. The van der Waals surface area contributed by atoms with Gasteiger partial charge in [0.2, 0.25) is 0 Å². The Morgan fingerprint density at radius 1 is 1.06 bits per heavy atom. The van der Waals surface area contributed by atoms with Gasteiger partial charge in [0.25, 0.3) is 0 Å². The maximum absolute atomic E-state index is 4.37. The second-order valence-electron chi connectivity index (χ2n) is 7.93. The van der Waals surface area contributed by atoms with Gasteiger partial charge in [-0.2, -0.15) is 0 Å². The van der Waals surface area contributed by atoms with Gasteiger partial charge in [0.05, 0.1) is 17.6 Å². The van der Waals surface area contributed by atoms with E-state index in [0.29, 0.717) is 11.8 Å². The largest absolute Gasteiger partial charge is 0.323 e. The van der Waals surface area contributed by atoms with E-state index in [1.807, 2.05) is 32.4 Å². The Balaban J connectivity index is 0. The molecule has 0 unspecified atom stereocenters. The minimum Gasteiger partial charge on any atom is -0.323 e. The maximum Gasteiger partial charge on any atom is 0.0900 e. The molecule has 0 saturated heterocycles. The fourth-order valence-electron chi connectivity index (χ4n) is 2.24. The second kappa shape index (κ2) is 22.5. The number of hydrogen-bond acceptors (Lipinski definition) is 6. The molecular formula is C27H46N6. The molecule has 2 aromatic rings. The summed E-state index contributed by atoms with van der Waals surface area (Å²) < 4.78 is 0. The van der Waals surface area contributed by atoms with Crippen molar-refractivity contribution in [3.63, 3.8) is 0 Å². The van der Waals surface area contributed by atoms with Gasteiger partial charge in [0.1, 0.15) is 0 Å². The molecule has 33 heavy (non-hydrogen) atoms. The number of pyridine rings is 1. The molecule has 0 saturated carbocycles. The summed E-state index contributed by atoms with van der Waals surface area (Å²) in [6.45, 7) is 16.2. The van der Waals surface area contributed by atoms with Crippen LogP contribution in [0.2, 0.25) is 0 Å².